The largest absolute Gasteiger partial charge is 0.494 e. The molecule has 0 radical (unpaired) electrons. The molecule has 0 saturated heterocycles. The first-order valence-electron chi connectivity index (χ1n) is 11.5. The Labute approximate surface area is 202 Å². The normalized spacial score (nSPS) is 12.4. The highest BCUT2D eigenvalue weighted by molar-refractivity contribution is 7.89. The second-order valence-electron chi connectivity index (χ2n) is 8.10. The van der Waals surface area contributed by atoms with E-state index in [-0.39, 0.29) is 29.2 Å². The van der Waals surface area contributed by atoms with Crippen LogP contribution in [0.4, 0.5) is 0 Å². The van der Waals surface area contributed by atoms with Gasteiger partial charge in [0.2, 0.25) is 15.9 Å². The van der Waals surface area contributed by atoms with Gasteiger partial charge >= 0.3 is 0 Å². The van der Waals surface area contributed by atoms with Crippen molar-refractivity contribution in [2.24, 2.45) is 5.92 Å². The predicted molar refractivity (Wildman–Crippen MR) is 132 cm³/mol. The molecule has 0 aliphatic carbocycles. The molecule has 2 aromatic carbocycles. The number of sulfonamides is 1. The van der Waals surface area contributed by atoms with Gasteiger partial charge in [-0.3, -0.25) is 9.59 Å². The van der Waals surface area contributed by atoms with Crippen molar-refractivity contribution in [1.29, 1.82) is 0 Å². The minimum absolute atomic E-state index is 0.131. The average Bonchev–Trinajstić information content (AvgIpc) is 2.82. The molecule has 0 heterocycles. The van der Waals surface area contributed by atoms with E-state index < -0.39 is 16.1 Å². The van der Waals surface area contributed by atoms with Crippen LogP contribution >= 0.6 is 0 Å². The Kier molecular flexibility index (Phi) is 10.1. The van der Waals surface area contributed by atoms with Crippen molar-refractivity contribution in [2.75, 3.05) is 19.7 Å². The van der Waals surface area contributed by atoms with E-state index in [1.807, 2.05) is 20.8 Å². The van der Waals surface area contributed by atoms with Gasteiger partial charge in [-0.25, -0.2) is 8.42 Å². The number of hydrogen-bond acceptors (Lipinski definition) is 5. The van der Waals surface area contributed by atoms with Gasteiger partial charge in [-0.15, -0.1) is 0 Å². The summed E-state index contributed by atoms with van der Waals surface area (Å²) in [6, 6.07) is 12.5. The van der Waals surface area contributed by atoms with Crippen LogP contribution in [-0.4, -0.2) is 50.3 Å². The van der Waals surface area contributed by atoms with E-state index in [4.69, 9.17) is 4.74 Å². The summed E-state index contributed by atoms with van der Waals surface area (Å²) in [5, 5.41) is 5.63. The van der Waals surface area contributed by atoms with Gasteiger partial charge in [0.05, 0.1) is 11.5 Å². The molecular formula is C25H35N3O5S. The Bertz CT molecular complexity index is 1050. The first kappa shape index (κ1) is 27.3. The van der Waals surface area contributed by atoms with Gasteiger partial charge in [0, 0.05) is 25.2 Å². The summed E-state index contributed by atoms with van der Waals surface area (Å²) in [5.74, 6) is -0.113. The zero-order valence-corrected chi connectivity index (χ0v) is 21.3. The maximum absolute atomic E-state index is 12.8. The standard InChI is InChI=1S/C25H35N3O5S/c1-6-28(7-2)34(31,32)22-15-9-19(10-16-22)17-26-25(30)23(18(4)5)27-24(29)20-11-13-21(14-12-20)33-8-3/h9-16,18,23H,6-8,17H2,1-5H3,(H,26,30)(H,27,29)/t23-/m0/s1. The van der Waals surface area contributed by atoms with Gasteiger partial charge in [0.25, 0.3) is 5.91 Å². The molecule has 0 fully saturated rings. The molecule has 2 rings (SSSR count). The number of carbonyl (C=O) groups excluding carboxylic acids is 2. The van der Waals surface area contributed by atoms with Gasteiger partial charge in [-0.1, -0.05) is 39.8 Å². The van der Waals surface area contributed by atoms with Crippen LogP contribution in [0.15, 0.2) is 53.4 Å². The van der Waals surface area contributed by atoms with E-state index >= 15 is 0 Å². The highest BCUT2D eigenvalue weighted by Crippen LogP contribution is 2.17. The molecule has 0 aromatic heterocycles. The summed E-state index contributed by atoms with van der Waals surface area (Å²) < 4.78 is 32.0. The lowest BCUT2D eigenvalue weighted by atomic mass is 10.0. The second kappa shape index (κ2) is 12.5. The van der Waals surface area contributed by atoms with E-state index in [0.29, 0.717) is 31.0 Å². The number of nitrogens with one attached hydrogen (secondary N) is 2. The van der Waals surface area contributed by atoms with Gasteiger partial charge in [0.15, 0.2) is 0 Å². The van der Waals surface area contributed by atoms with E-state index in [2.05, 4.69) is 10.6 Å². The molecule has 0 aliphatic rings. The van der Waals surface area contributed by atoms with Crippen LogP contribution in [0.25, 0.3) is 0 Å². The highest BCUT2D eigenvalue weighted by atomic mass is 32.2. The highest BCUT2D eigenvalue weighted by Gasteiger charge is 2.25. The molecule has 2 N–H and O–H groups in total. The third-order valence-corrected chi connectivity index (χ3v) is 7.46. The molecule has 0 aliphatic heterocycles. The molecule has 186 valence electrons. The predicted octanol–water partition coefficient (Wildman–Crippen LogP) is 3.19. The Hall–Kier alpha value is -2.91. The van der Waals surface area contributed by atoms with Crippen molar-refractivity contribution in [3.8, 4) is 5.75 Å². The van der Waals surface area contributed by atoms with Crippen LogP contribution in [0.3, 0.4) is 0 Å². The first-order chi connectivity index (χ1) is 16.1. The number of hydrogen-bond donors (Lipinski definition) is 2. The molecule has 34 heavy (non-hydrogen) atoms. The number of rotatable bonds is 12. The fraction of sp³-hybridized carbons (Fsp3) is 0.440. The first-order valence-corrected chi connectivity index (χ1v) is 13.0. The van der Waals surface area contributed by atoms with E-state index in [1.54, 1.807) is 62.4 Å². The van der Waals surface area contributed by atoms with E-state index in [0.717, 1.165) is 5.56 Å². The second-order valence-corrected chi connectivity index (χ2v) is 10.0. The minimum Gasteiger partial charge on any atom is -0.494 e. The van der Waals surface area contributed by atoms with Crippen molar-refractivity contribution in [3.05, 3.63) is 59.7 Å². The van der Waals surface area contributed by atoms with E-state index in [1.165, 1.54) is 4.31 Å². The van der Waals surface area contributed by atoms with E-state index in [9.17, 15) is 18.0 Å². The molecular weight excluding hydrogens is 454 g/mol. The van der Waals surface area contributed by atoms with Crippen LogP contribution in [0.2, 0.25) is 0 Å². The summed E-state index contributed by atoms with van der Waals surface area (Å²) in [5.41, 5.74) is 1.19. The Morgan fingerprint density at radius 1 is 0.941 bits per heavy atom. The van der Waals surface area contributed by atoms with Crippen molar-refractivity contribution in [3.63, 3.8) is 0 Å². The summed E-state index contributed by atoms with van der Waals surface area (Å²) >= 11 is 0. The van der Waals surface area contributed by atoms with Gasteiger partial charge in [0.1, 0.15) is 11.8 Å². The molecule has 0 bridgehead atoms. The number of ether oxygens (including phenoxy) is 1. The molecule has 0 saturated carbocycles. The number of benzene rings is 2. The summed E-state index contributed by atoms with van der Waals surface area (Å²) in [4.78, 5) is 25.7. The molecule has 0 spiro atoms. The van der Waals surface area contributed by atoms with Crippen molar-refractivity contribution < 1.29 is 22.7 Å². The maximum Gasteiger partial charge on any atom is 0.251 e. The van der Waals surface area contributed by atoms with Crippen molar-refractivity contribution in [1.82, 2.24) is 14.9 Å². The molecule has 8 nitrogen and oxygen atoms in total. The molecule has 1 atom stereocenters. The van der Waals surface area contributed by atoms with Crippen LogP contribution < -0.4 is 15.4 Å². The topological polar surface area (TPSA) is 105 Å². The van der Waals surface area contributed by atoms with Crippen LogP contribution in [0.1, 0.15) is 50.5 Å². The fourth-order valence-corrected chi connectivity index (χ4v) is 4.88. The lowest BCUT2D eigenvalue weighted by Crippen LogP contribution is -2.49. The molecule has 0 unspecified atom stereocenters. The van der Waals surface area contributed by atoms with Crippen molar-refractivity contribution in [2.45, 2.75) is 52.1 Å². The smallest absolute Gasteiger partial charge is 0.251 e. The SMILES string of the molecule is CCOc1ccc(C(=O)N[C@H](C(=O)NCc2ccc(S(=O)(=O)N(CC)CC)cc2)C(C)C)cc1. The molecule has 2 amide bonds. The monoisotopic (exact) mass is 489 g/mol. The number of amides is 2. The zero-order chi connectivity index (χ0) is 25.3. The number of nitrogens with zero attached hydrogens (tertiary/aromatic N) is 1. The summed E-state index contributed by atoms with van der Waals surface area (Å²) in [6.45, 7) is 10.7. The quantitative estimate of drug-likeness (QED) is 0.476. The summed E-state index contributed by atoms with van der Waals surface area (Å²) in [7, 11) is -3.53. The average molecular weight is 490 g/mol. The number of carbonyl (C=O) groups is 2. The molecule has 9 heteroatoms. The summed E-state index contributed by atoms with van der Waals surface area (Å²) in [6.07, 6.45) is 0. The van der Waals surface area contributed by atoms with Crippen LogP contribution in [0, 0.1) is 5.92 Å². The minimum atomic E-state index is -3.53. The Morgan fingerprint density at radius 3 is 2.03 bits per heavy atom. The lowest BCUT2D eigenvalue weighted by molar-refractivity contribution is -0.124. The van der Waals surface area contributed by atoms with Crippen LogP contribution in [0.5, 0.6) is 5.75 Å². The third-order valence-electron chi connectivity index (χ3n) is 5.40. The fourth-order valence-electron chi connectivity index (χ4n) is 3.42. The Balaban J connectivity index is 2.01. The zero-order valence-electron chi connectivity index (χ0n) is 20.5. The lowest BCUT2D eigenvalue weighted by Gasteiger charge is -2.22. The van der Waals surface area contributed by atoms with Crippen molar-refractivity contribution >= 4 is 21.8 Å². The maximum atomic E-state index is 12.8. The van der Waals surface area contributed by atoms with Gasteiger partial charge < -0.3 is 15.4 Å². The third kappa shape index (κ3) is 7.04. The Morgan fingerprint density at radius 2 is 1.53 bits per heavy atom. The van der Waals surface area contributed by atoms with Gasteiger partial charge in [-0.2, -0.15) is 4.31 Å². The van der Waals surface area contributed by atoms with Crippen LogP contribution in [-0.2, 0) is 21.4 Å². The van der Waals surface area contributed by atoms with Gasteiger partial charge in [-0.05, 0) is 54.8 Å². The molecule has 2 aromatic rings.